The number of amides is 1. The van der Waals surface area contributed by atoms with Gasteiger partial charge in [0.25, 0.3) is 5.91 Å². The first-order valence-electron chi connectivity index (χ1n) is 6.58. The van der Waals surface area contributed by atoms with Gasteiger partial charge in [-0.25, -0.2) is 0 Å². The maximum absolute atomic E-state index is 12.0. The first-order chi connectivity index (χ1) is 8.73. The van der Waals surface area contributed by atoms with Crippen molar-refractivity contribution >= 4 is 11.6 Å². The van der Waals surface area contributed by atoms with Crippen LogP contribution in [0.15, 0.2) is 24.3 Å². The summed E-state index contributed by atoms with van der Waals surface area (Å²) in [5.74, 6) is 6.19. The summed E-state index contributed by atoms with van der Waals surface area (Å²) in [6.45, 7) is 0.841. The molecule has 0 aromatic heterocycles. The van der Waals surface area contributed by atoms with E-state index in [4.69, 9.17) is 5.84 Å². The van der Waals surface area contributed by atoms with Crippen LogP contribution in [-0.2, 0) is 0 Å². The lowest BCUT2D eigenvalue weighted by molar-refractivity contribution is 0.0942. The van der Waals surface area contributed by atoms with Gasteiger partial charge < -0.3 is 10.7 Å². The highest BCUT2D eigenvalue weighted by Crippen LogP contribution is 2.60. The van der Waals surface area contributed by atoms with Gasteiger partial charge in [-0.2, -0.15) is 0 Å². The van der Waals surface area contributed by atoms with Gasteiger partial charge in [0.15, 0.2) is 0 Å². The molecule has 0 atom stereocenters. The minimum Gasteiger partial charge on any atom is -0.351 e. The molecule has 0 saturated heterocycles. The van der Waals surface area contributed by atoms with Crippen molar-refractivity contribution in [1.29, 1.82) is 0 Å². The zero-order valence-corrected chi connectivity index (χ0v) is 10.4. The van der Waals surface area contributed by atoms with Crippen LogP contribution in [0.4, 0.5) is 5.69 Å². The second-order valence-corrected chi connectivity index (χ2v) is 5.54. The van der Waals surface area contributed by atoms with Crippen LogP contribution in [0.2, 0.25) is 0 Å². The molecule has 0 heterocycles. The van der Waals surface area contributed by atoms with Crippen molar-refractivity contribution in [3.8, 4) is 0 Å². The molecule has 1 amide bonds. The number of hydrogen-bond acceptors (Lipinski definition) is 3. The van der Waals surface area contributed by atoms with Crippen molar-refractivity contribution in [2.24, 2.45) is 17.2 Å². The van der Waals surface area contributed by atoms with Crippen molar-refractivity contribution < 1.29 is 4.79 Å². The third-order valence-electron chi connectivity index (χ3n) is 4.25. The Morgan fingerprint density at radius 3 is 2.44 bits per heavy atom. The summed E-state index contributed by atoms with van der Waals surface area (Å²) in [4.78, 5) is 12.0. The smallest absolute Gasteiger partial charge is 0.251 e. The van der Waals surface area contributed by atoms with Crippen LogP contribution in [0.1, 0.15) is 36.0 Å². The molecule has 96 valence electrons. The van der Waals surface area contributed by atoms with Gasteiger partial charge in [0, 0.05) is 17.8 Å². The predicted molar refractivity (Wildman–Crippen MR) is 71.0 cm³/mol. The van der Waals surface area contributed by atoms with Crippen LogP contribution in [-0.4, -0.2) is 12.5 Å². The van der Waals surface area contributed by atoms with Gasteiger partial charge in [0.1, 0.15) is 0 Å². The summed E-state index contributed by atoms with van der Waals surface area (Å²) in [7, 11) is 0. The average Bonchev–Trinajstić information content (AvgIpc) is 3.28. The third kappa shape index (κ3) is 2.20. The molecule has 0 bridgehead atoms. The van der Waals surface area contributed by atoms with E-state index < -0.39 is 0 Å². The van der Waals surface area contributed by atoms with Crippen LogP contribution in [0.5, 0.6) is 0 Å². The van der Waals surface area contributed by atoms with Gasteiger partial charge in [-0.1, -0.05) is 0 Å². The number of anilines is 1. The van der Waals surface area contributed by atoms with E-state index in [9.17, 15) is 4.79 Å². The number of benzene rings is 1. The second kappa shape index (κ2) is 4.28. The zero-order valence-electron chi connectivity index (χ0n) is 10.4. The highest BCUT2D eigenvalue weighted by atomic mass is 16.1. The molecule has 4 nitrogen and oxygen atoms in total. The second-order valence-electron chi connectivity index (χ2n) is 5.54. The Morgan fingerprint density at radius 1 is 1.28 bits per heavy atom. The van der Waals surface area contributed by atoms with E-state index in [0.29, 0.717) is 11.0 Å². The van der Waals surface area contributed by atoms with E-state index in [-0.39, 0.29) is 5.91 Å². The fourth-order valence-corrected chi connectivity index (χ4v) is 2.66. The van der Waals surface area contributed by atoms with Crippen LogP contribution in [0.25, 0.3) is 0 Å². The largest absolute Gasteiger partial charge is 0.351 e. The number of nitrogens with one attached hydrogen (secondary N) is 2. The number of nitrogens with two attached hydrogens (primary N) is 1. The highest BCUT2D eigenvalue weighted by molar-refractivity contribution is 5.94. The molecule has 0 spiro atoms. The van der Waals surface area contributed by atoms with Crippen LogP contribution >= 0.6 is 0 Å². The SMILES string of the molecule is NNc1ccc(C(=O)NCC2(C3CC3)CC2)cc1. The van der Waals surface area contributed by atoms with Crippen molar-refractivity contribution in [2.75, 3.05) is 12.0 Å². The van der Waals surface area contributed by atoms with Crippen molar-refractivity contribution in [3.05, 3.63) is 29.8 Å². The molecule has 3 rings (SSSR count). The molecule has 2 saturated carbocycles. The van der Waals surface area contributed by atoms with E-state index in [0.717, 1.165) is 18.2 Å². The van der Waals surface area contributed by atoms with E-state index in [2.05, 4.69) is 10.7 Å². The van der Waals surface area contributed by atoms with Gasteiger partial charge >= 0.3 is 0 Å². The van der Waals surface area contributed by atoms with Crippen LogP contribution < -0.4 is 16.6 Å². The summed E-state index contributed by atoms with van der Waals surface area (Å²) >= 11 is 0. The molecule has 1 aromatic rings. The first kappa shape index (κ1) is 11.5. The minimum atomic E-state index is 0.0190. The Hall–Kier alpha value is -1.55. The van der Waals surface area contributed by atoms with Crippen molar-refractivity contribution in [2.45, 2.75) is 25.7 Å². The summed E-state index contributed by atoms with van der Waals surface area (Å²) < 4.78 is 0. The molecule has 4 heteroatoms. The fraction of sp³-hybridized carbons (Fsp3) is 0.500. The van der Waals surface area contributed by atoms with Gasteiger partial charge in [-0.05, 0) is 61.3 Å². The van der Waals surface area contributed by atoms with E-state index in [1.54, 1.807) is 12.1 Å². The predicted octanol–water partition coefficient (Wildman–Crippen LogP) is 1.89. The molecule has 0 aliphatic heterocycles. The Morgan fingerprint density at radius 2 is 1.94 bits per heavy atom. The van der Waals surface area contributed by atoms with Gasteiger partial charge in [0.2, 0.25) is 0 Å². The summed E-state index contributed by atoms with van der Waals surface area (Å²) in [6.07, 6.45) is 5.28. The molecule has 2 fully saturated rings. The number of nitrogen functional groups attached to an aromatic ring is 1. The quantitative estimate of drug-likeness (QED) is 0.548. The monoisotopic (exact) mass is 245 g/mol. The van der Waals surface area contributed by atoms with E-state index >= 15 is 0 Å². The number of rotatable bonds is 5. The normalized spacial score (nSPS) is 20.3. The standard InChI is InChI=1S/C14H19N3O/c15-17-12-5-1-10(2-6-12)13(18)16-9-14(7-8-14)11-3-4-11/h1-2,5-6,11,17H,3-4,7-9,15H2,(H,16,18). The molecular weight excluding hydrogens is 226 g/mol. The minimum absolute atomic E-state index is 0.0190. The Kier molecular flexibility index (Phi) is 2.74. The molecule has 0 unspecified atom stereocenters. The van der Waals surface area contributed by atoms with E-state index in [1.165, 1.54) is 25.7 Å². The lowest BCUT2D eigenvalue weighted by atomic mass is 10.0. The highest BCUT2D eigenvalue weighted by Gasteiger charge is 2.53. The zero-order chi connectivity index (χ0) is 12.6. The Labute approximate surface area is 107 Å². The topological polar surface area (TPSA) is 67.1 Å². The third-order valence-corrected chi connectivity index (χ3v) is 4.25. The lowest BCUT2D eigenvalue weighted by Crippen LogP contribution is -2.31. The molecule has 18 heavy (non-hydrogen) atoms. The maximum Gasteiger partial charge on any atom is 0.251 e. The Balaban J connectivity index is 1.57. The number of carbonyl (C=O) groups is 1. The van der Waals surface area contributed by atoms with Crippen molar-refractivity contribution in [1.82, 2.24) is 5.32 Å². The first-order valence-corrected chi connectivity index (χ1v) is 6.58. The molecule has 2 aliphatic rings. The molecule has 4 N–H and O–H groups in total. The fourth-order valence-electron chi connectivity index (χ4n) is 2.66. The number of hydrogen-bond donors (Lipinski definition) is 3. The van der Waals surface area contributed by atoms with Crippen LogP contribution in [0.3, 0.4) is 0 Å². The Bertz CT molecular complexity index is 447. The molecule has 1 aromatic carbocycles. The summed E-state index contributed by atoms with van der Waals surface area (Å²) in [5.41, 5.74) is 4.51. The molecule has 2 aliphatic carbocycles. The number of carbonyl (C=O) groups excluding carboxylic acids is 1. The van der Waals surface area contributed by atoms with Gasteiger partial charge in [-0.3, -0.25) is 10.6 Å². The maximum atomic E-state index is 12.0. The number of hydrazine groups is 1. The van der Waals surface area contributed by atoms with Crippen molar-refractivity contribution in [3.63, 3.8) is 0 Å². The van der Waals surface area contributed by atoms with E-state index in [1.807, 2.05) is 12.1 Å². The summed E-state index contributed by atoms with van der Waals surface area (Å²) in [6, 6.07) is 7.20. The molecular formula is C14H19N3O. The van der Waals surface area contributed by atoms with Gasteiger partial charge in [-0.15, -0.1) is 0 Å². The molecule has 0 radical (unpaired) electrons. The average molecular weight is 245 g/mol. The lowest BCUT2D eigenvalue weighted by Gasteiger charge is -2.15. The van der Waals surface area contributed by atoms with Gasteiger partial charge in [0.05, 0.1) is 0 Å². The van der Waals surface area contributed by atoms with Crippen LogP contribution in [0, 0.1) is 11.3 Å². The summed E-state index contributed by atoms with van der Waals surface area (Å²) in [5, 5.41) is 3.07.